The number of benzene rings is 2. The van der Waals surface area contributed by atoms with Crippen molar-refractivity contribution in [2.45, 2.75) is 20.5 Å². The van der Waals surface area contributed by atoms with E-state index in [1.165, 1.54) is 18.2 Å². The second-order valence-electron chi connectivity index (χ2n) is 4.81. The summed E-state index contributed by atoms with van der Waals surface area (Å²) in [5.74, 6) is 0.481. The van der Waals surface area contributed by atoms with Crippen molar-refractivity contribution < 1.29 is 14.6 Å². The zero-order valence-corrected chi connectivity index (χ0v) is 12.1. The van der Waals surface area contributed by atoms with Crippen LogP contribution in [0.1, 0.15) is 16.7 Å². The predicted octanol–water partition coefficient (Wildman–Crippen LogP) is 3.70. The van der Waals surface area contributed by atoms with E-state index in [1.54, 1.807) is 32.0 Å². The highest BCUT2D eigenvalue weighted by Gasteiger charge is 2.14. The maximum Gasteiger partial charge on any atom is 0.272 e. The van der Waals surface area contributed by atoms with Crippen LogP contribution in [0, 0.1) is 34.1 Å². The molecule has 0 atom stereocenters. The van der Waals surface area contributed by atoms with Gasteiger partial charge in [-0.15, -0.1) is 0 Å². The van der Waals surface area contributed by atoms with Gasteiger partial charge in [0.15, 0.2) is 0 Å². The first-order valence-corrected chi connectivity index (χ1v) is 6.51. The van der Waals surface area contributed by atoms with Crippen LogP contribution in [0.5, 0.6) is 5.75 Å². The zero-order valence-electron chi connectivity index (χ0n) is 12.1. The SMILES string of the molecule is Cc1cc(OCc2cccc([N+](=O)[O-])c2C)ccc1[N+](=O)[O-]. The maximum atomic E-state index is 10.9. The highest BCUT2D eigenvalue weighted by molar-refractivity contribution is 5.46. The Balaban J connectivity index is 2.17. The molecular formula is C15H14N2O5. The molecule has 0 bridgehead atoms. The van der Waals surface area contributed by atoms with Gasteiger partial charge in [-0.05, 0) is 31.5 Å². The van der Waals surface area contributed by atoms with Crippen LogP contribution in [0.3, 0.4) is 0 Å². The lowest BCUT2D eigenvalue weighted by atomic mass is 10.1. The molecule has 7 nitrogen and oxygen atoms in total. The van der Waals surface area contributed by atoms with E-state index in [1.807, 2.05) is 0 Å². The molecule has 0 saturated heterocycles. The minimum Gasteiger partial charge on any atom is -0.489 e. The van der Waals surface area contributed by atoms with Gasteiger partial charge in [0.05, 0.1) is 9.85 Å². The molecule has 22 heavy (non-hydrogen) atoms. The van der Waals surface area contributed by atoms with Gasteiger partial charge in [0, 0.05) is 23.3 Å². The van der Waals surface area contributed by atoms with Gasteiger partial charge in [0.1, 0.15) is 12.4 Å². The van der Waals surface area contributed by atoms with Crippen molar-refractivity contribution in [1.82, 2.24) is 0 Å². The Morgan fingerprint density at radius 1 is 1.00 bits per heavy atom. The van der Waals surface area contributed by atoms with Gasteiger partial charge >= 0.3 is 0 Å². The molecule has 0 amide bonds. The summed E-state index contributed by atoms with van der Waals surface area (Å²) in [7, 11) is 0. The van der Waals surface area contributed by atoms with Gasteiger partial charge in [-0.2, -0.15) is 0 Å². The Labute approximate surface area is 126 Å². The average molecular weight is 302 g/mol. The fraction of sp³-hybridized carbons (Fsp3) is 0.200. The molecule has 0 N–H and O–H groups in total. The molecule has 0 saturated carbocycles. The van der Waals surface area contributed by atoms with E-state index in [-0.39, 0.29) is 18.0 Å². The Hall–Kier alpha value is -2.96. The topological polar surface area (TPSA) is 95.5 Å². The average Bonchev–Trinajstić information content (AvgIpc) is 2.45. The van der Waals surface area contributed by atoms with Crippen molar-refractivity contribution in [1.29, 1.82) is 0 Å². The third-order valence-electron chi connectivity index (χ3n) is 3.37. The van der Waals surface area contributed by atoms with Crippen LogP contribution in [0.15, 0.2) is 36.4 Å². The number of nitrogens with zero attached hydrogens (tertiary/aromatic N) is 2. The van der Waals surface area contributed by atoms with Crippen LogP contribution >= 0.6 is 0 Å². The van der Waals surface area contributed by atoms with Crippen molar-refractivity contribution in [3.05, 3.63) is 73.3 Å². The number of nitro groups is 2. The Morgan fingerprint density at radius 3 is 2.27 bits per heavy atom. The van der Waals surface area contributed by atoms with Gasteiger partial charge in [-0.3, -0.25) is 20.2 Å². The molecule has 0 aliphatic rings. The number of nitro benzene ring substituents is 2. The smallest absolute Gasteiger partial charge is 0.272 e. The first kappa shape index (κ1) is 15.4. The normalized spacial score (nSPS) is 10.3. The lowest BCUT2D eigenvalue weighted by Crippen LogP contribution is -2.01. The van der Waals surface area contributed by atoms with Crippen LogP contribution in [0.2, 0.25) is 0 Å². The number of hydrogen-bond donors (Lipinski definition) is 0. The molecule has 0 aromatic heterocycles. The lowest BCUT2D eigenvalue weighted by Gasteiger charge is -2.09. The van der Waals surface area contributed by atoms with Gasteiger partial charge < -0.3 is 4.74 Å². The number of rotatable bonds is 5. The van der Waals surface area contributed by atoms with Crippen molar-refractivity contribution >= 4 is 11.4 Å². The van der Waals surface area contributed by atoms with Crippen molar-refractivity contribution in [3.63, 3.8) is 0 Å². The number of ether oxygens (including phenoxy) is 1. The molecule has 0 aliphatic carbocycles. The monoisotopic (exact) mass is 302 g/mol. The summed E-state index contributed by atoms with van der Waals surface area (Å²) >= 11 is 0. The summed E-state index contributed by atoms with van der Waals surface area (Å²) in [4.78, 5) is 20.8. The minimum absolute atomic E-state index is 0.0267. The van der Waals surface area contributed by atoms with Crippen LogP contribution in [0.25, 0.3) is 0 Å². The van der Waals surface area contributed by atoms with Gasteiger partial charge in [-0.1, -0.05) is 12.1 Å². The van der Waals surface area contributed by atoms with E-state index < -0.39 is 9.85 Å². The Kier molecular flexibility index (Phi) is 4.36. The van der Waals surface area contributed by atoms with Gasteiger partial charge in [-0.25, -0.2) is 0 Å². The van der Waals surface area contributed by atoms with E-state index in [0.717, 1.165) is 0 Å². The quantitative estimate of drug-likeness (QED) is 0.619. The minimum atomic E-state index is -0.455. The van der Waals surface area contributed by atoms with E-state index >= 15 is 0 Å². The third kappa shape index (κ3) is 3.20. The predicted molar refractivity (Wildman–Crippen MR) is 80.0 cm³/mol. The molecule has 0 heterocycles. The van der Waals surface area contributed by atoms with Crippen molar-refractivity contribution in [3.8, 4) is 5.75 Å². The fourth-order valence-electron chi connectivity index (χ4n) is 2.11. The molecule has 114 valence electrons. The fourth-order valence-corrected chi connectivity index (χ4v) is 2.11. The highest BCUT2D eigenvalue weighted by Crippen LogP contribution is 2.25. The molecule has 0 fully saturated rings. The summed E-state index contributed by atoms with van der Waals surface area (Å²) in [5, 5.41) is 21.7. The standard InChI is InChI=1S/C15H14N2O5/c1-10-8-13(6-7-14(10)16(18)19)22-9-12-4-3-5-15(11(12)2)17(20)21/h3-8H,9H2,1-2H3. The number of hydrogen-bond acceptors (Lipinski definition) is 5. The van der Waals surface area contributed by atoms with Gasteiger partial charge in [0.25, 0.3) is 11.4 Å². The summed E-state index contributed by atoms with van der Waals surface area (Å²) in [6, 6.07) is 9.26. The molecule has 2 aromatic carbocycles. The second kappa shape index (κ2) is 6.21. The molecule has 2 aromatic rings. The second-order valence-corrected chi connectivity index (χ2v) is 4.81. The number of aryl methyl sites for hydroxylation is 1. The molecule has 0 aliphatic heterocycles. The van der Waals surface area contributed by atoms with E-state index in [2.05, 4.69) is 0 Å². The molecule has 0 radical (unpaired) electrons. The molecule has 0 spiro atoms. The van der Waals surface area contributed by atoms with E-state index in [0.29, 0.717) is 22.4 Å². The van der Waals surface area contributed by atoms with Crippen LogP contribution in [0.4, 0.5) is 11.4 Å². The van der Waals surface area contributed by atoms with Crippen LogP contribution in [-0.2, 0) is 6.61 Å². The molecule has 0 unspecified atom stereocenters. The first-order valence-electron chi connectivity index (χ1n) is 6.51. The molecule has 2 rings (SSSR count). The van der Waals surface area contributed by atoms with E-state index in [4.69, 9.17) is 4.74 Å². The summed E-state index contributed by atoms with van der Waals surface area (Å²) < 4.78 is 5.58. The summed E-state index contributed by atoms with van der Waals surface area (Å²) in [5.41, 5.74) is 1.81. The lowest BCUT2D eigenvalue weighted by molar-refractivity contribution is -0.385. The van der Waals surface area contributed by atoms with Gasteiger partial charge in [0.2, 0.25) is 0 Å². The zero-order chi connectivity index (χ0) is 16.3. The Morgan fingerprint density at radius 2 is 1.68 bits per heavy atom. The largest absolute Gasteiger partial charge is 0.489 e. The van der Waals surface area contributed by atoms with E-state index in [9.17, 15) is 20.2 Å². The summed E-state index contributed by atoms with van der Waals surface area (Å²) in [6.07, 6.45) is 0. The summed E-state index contributed by atoms with van der Waals surface area (Å²) in [6.45, 7) is 3.45. The third-order valence-corrected chi connectivity index (χ3v) is 3.37. The Bertz CT molecular complexity index is 743. The first-order chi connectivity index (χ1) is 10.4. The molecule has 7 heteroatoms. The highest BCUT2D eigenvalue weighted by atomic mass is 16.6. The molecular weight excluding hydrogens is 288 g/mol. The van der Waals surface area contributed by atoms with Crippen molar-refractivity contribution in [2.24, 2.45) is 0 Å². The van der Waals surface area contributed by atoms with Crippen LogP contribution < -0.4 is 4.74 Å². The maximum absolute atomic E-state index is 10.9. The van der Waals surface area contributed by atoms with Crippen LogP contribution in [-0.4, -0.2) is 9.85 Å². The van der Waals surface area contributed by atoms with Crippen molar-refractivity contribution in [2.75, 3.05) is 0 Å².